The molecule has 1 atom stereocenters. The highest BCUT2D eigenvalue weighted by molar-refractivity contribution is 5.77. The molecule has 0 radical (unpaired) electrons. The number of amides is 1. The van der Waals surface area contributed by atoms with Gasteiger partial charge >= 0.3 is 0 Å². The van der Waals surface area contributed by atoms with E-state index in [0.717, 1.165) is 70.6 Å². The van der Waals surface area contributed by atoms with Gasteiger partial charge in [-0.05, 0) is 56.8 Å². The number of likely N-dealkylation sites (N-methyl/N-ethyl adjacent to an activating group) is 1. The van der Waals surface area contributed by atoms with Crippen LogP contribution in [-0.2, 0) is 4.79 Å². The van der Waals surface area contributed by atoms with Crippen LogP contribution in [0.3, 0.4) is 0 Å². The Bertz CT molecular complexity index is 584. The quantitative estimate of drug-likeness (QED) is 0.821. The van der Waals surface area contributed by atoms with Gasteiger partial charge in [-0.3, -0.25) is 4.79 Å². The molecule has 6 heteroatoms. The highest BCUT2D eigenvalue weighted by Crippen LogP contribution is 2.42. The smallest absolute Gasteiger partial charge is 0.222 e. The Morgan fingerprint density at radius 1 is 1.21 bits per heavy atom. The lowest BCUT2D eigenvalue weighted by molar-refractivity contribution is -0.141. The molecular weight excluding hydrogens is 302 g/mol. The molecule has 1 aromatic rings. The number of piperidine rings is 2. The van der Waals surface area contributed by atoms with Crippen LogP contribution in [0.1, 0.15) is 32.1 Å². The van der Waals surface area contributed by atoms with Crippen molar-refractivity contribution in [3.63, 3.8) is 0 Å². The summed E-state index contributed by atoms with van der Waals surface area (Å²) in [4.78, 5) is 19.4. The van der Waals surface area contributed by atoms with E-state index in [0.29, 0.717) is 17.4 Å². The zero-order valence-electron chi connectivity index (χ0n) is 14.5. The number of aromatic nitrogens is 2. The van der Waals surface area contributed by atoms with Crippen molar-refractivity contribution in [1.29, 1.82) is 0 Å². The molecule has 0 bridgehead atoms. The Balaban J connectivity index is 1.42. The molecule has 4 heterocycles. The lowest BCUT2D eigenvalue weighted by atomic mass is 9.72. The molecule has 3 aliphatic heterocycles. The van der Waals surface area contributed by atoms with Crippen LogP contribution in [0.25, 0.3) is 0 Å². The highest BCUT2D eigenvalue weighted by atomic mass is 16.2. The minimum absolute atomic E-state index is 0.313. The molecule has 6 nitrogen and oxygen atoms in total. The molecule has 0 N–H and O–H groups in total. The first-order chi connectivity index (χ1) is 11.7. The zero-order chi connectivity index (χ0) is 16.6. The summed E-state index contributed by atoms with van der Waals surface area (Å²) >= 11 is 0. The second kappa shape index (κ2) is 6.31. The van der Waals surface area contributed by atoms with Gasteiger partial charge in [-0.2, -0.15) is 5.10 Å². The molecule has 3 aliphatic rings. The summed E-state index contributed by atoms with van der Waals surface area (Å²) in [5, 5.41) is 8.24. The summed E-state index contributed by atoms with van der Waals surface area (Å²) in [6.45, 7) is 5.14. The van der Waals surface area contributed by atoms with Crippen LogP contribution in [0.2, 0.25) is 0 Å². The molecular formula is C18H27N5O. The second-order valence-electron chi connectivity index (χ2n) is 7.80. The zero-order valence-corrected chi connectivity index (χ0v) is 14.5. The molecule has 0 aromatic carbocycles. The number of hydrogen-bond acceptors (Lipinski definition) is 5. The molecule has 24 heavy (non-hydrogen) atoms. The second-order valence-corrected chi connectivity index (χ2v) is 7.80. The molecule has 1 aromatic heterocycles. The van der Waals surface area contributed by atoms with Crippen molar-refractivity contribution in [2.75, 3.05) is 44.7 Å². The minimum Gasteiger partial charge on any atom is -0.355 e. The third-order valence-corrected chi connectivity index (χ3v) is 6.21. The van der Waals surface area contributed by atoms with E-state index in [4.69, 9.17) is 0 Å². The molecule has 0 aliphatic carbocycles. The van der Waals surface area contributed by atoms with Gasteiger partial charge in [0.15, 0.2) is 5.82 Å². The average Bonchev–Trinajstić information content (AvgIpc) is 3.05. The van der Waals surface area contributed by atoms with Gasteiger partial charge in [0, 0.05) is 44.8 Å². The van der Waals surface area contributed by atoms with Crippen LogP contribution >= 0.6 is 0 Å². The van der Waals surface area contributed by atoms with Crippen LogP contribution in [0.5, 0.6) is 0 Å². The number of rotatable bonds is 2. The van der Waals surface area contributed by atoms with Crippen LogP contribution in [0.4, 0.5) is 5.82 Å². The number of hydrogen-bond donors (Lipinski definition) is 0. The van der Waals surface area contributed by atoms with E-state index < -0.39 is 0 Å². The van der Waals surface area contributed by atoms with E-state index in [-0.39, 0.29) is 0 Å². The van der Waals surface area contributed by atoms with Crippen LogP contribution in [0, 0.1) is 5.41 Å². The molecule has 3 fully saturated rings. The minimum atomic E-state index is 0.313. The first kappa shape index (κ1) is 15.8. The van der Waals surface area contributed by atoms with Gasteiger partial charge in [0.1, 0.15) is 0 Å². The fourth-order valence-corrected chi connectivity index (χ4v) is 4.62. The van der Waals surface area contributed by atoms with Gasteiger partial charge in [0.25, 0.3) is 0 Å². The Labute approximate surface area is 143 Å². The SMILES string of the molecule is CN1CCC(N2CC3(CCC2=O)CCN(c2cccnn2)CC3)C1. The van der Waals surface area contributed by atoms with E-state index in [1.165, 1.54) is 0 Å². The van der Waals surface area contributed by atoms with Crippen molar-refractivity contribution in [3.05, 3.63) is 18.3 Å². The molecule has 4 rings (SSSR count). The summed E-state index contributed by atoms with van der Waals surface area (Å²) in [5.41, 5.74) is 0.313. The maximum Gasteiger partial charge on any atom is 0.222 e. The number of carbonyl (C=O) groups is 1. The van der Waals surface area contributed by atoms with Crippen molar-refractivity contribution >= 4 is 11.7 Å². The molecule has 3 saturated heterocycles. The Kier molecular flexibility index (Phi) is 4.16. The Morgan fingerprint density at radius 2 is 2.04 bits per heavy atom. The number of likely N-dealkylation sites (tertiary alicyclic amines) is 2. The predicted molar refractivity (Wildman–Crippen MR) is 92.8 cm³/mol. The summed E-state index contributed by atoms with van der Waals surface area (Å²) < 4.78 is 0. The third kappa shape index (κ3) is 2.99. The Morgan fingerprint density at radius 3 is 2.71 bits per heavy atom. The van der Waals surface area contributed by atoms with Gasteiger partial charge in [0.05, 0.1) is 0 Å². The summed E-state index contributed by atoms with van der Waals surface area (Å²) in [5.74, 6) is 1.35. The van der Waals surface area contributed by atoms with Gasteiger partial charge in [-0.15, -0.1) is 5.10 Å². The van der Waals surface area contributed by atoms with E-state index in [1.807, 2.05) is 12.1 Å². The number of carbonyl (C=O) groups excluding carboxylic acids is 1. The van der Waals surface area contributed by atoms with Crippen LogP contribution < -0.4 is 4.90 Å². The first-order valence-corrected chi connectivity index (χ1v) is 9.16. The lowest BCUT2D eigenvalue weighted by Gasteiger charge is -2.49. The first-order valence-electron chi connectivity index (χ1n) is 9.16. The topological polar surface area (TPSA) is 52.6 Å². The van der Waals surface area contributed by atoms with Crippen molar-refractivity contribution in [1.82, 2.24) is 20.0 Å². The highest BCUT2D eigenvalue weighted by Gasteiger charge is 2.43. The fourth-order valence-electron chi connectivity index (χ4n) is 4.62. The normalized spacial score (nSPS) is 27.9. The van der Waals surface area contributed by atoms with Gasteiger partial charge in [-0.25, -0.2) is 0 Å². The fraction of sp³-hybridized carbons (Fsp3) is 0.722. The maximum absolute atomic E-state index is 12.5. The standard InChI is InChI=1S/C18H27N5O/c1-21-10-5-15(13-21)23-14-18(6-4-17(23)24)7-11-22(12-8-18)16-3-2-9-19-20-16/h2-3,9,15H,4-8,10-14H2,1H3. The molecule has 1 spiro atoms. The summed E-state index contributed by atoms with van der Waals surface area (Å²) in [7, 11) is 2.16. The lowest BCUT2D eigenvalue weighted by Crippen LogP contribution is -2.55. The average molecular weight is 329 g/mol. The number of nitrogens with zero attached hydrogens (tertiary/aromatic N) is 5. The van der Waals surface area contributed by atoms with Crippen molar-refractivity contribution in [3.8, 4) is 0 Å². The summed E-state index contributed by atoms with van der Waals surface area (Å²) in [6.07, 6.45) is 6.93. The van der Waals surface area contributed by atoms with Crippen molar-refractivity contribution in [2.24, 2.45) is 5.41 Å². The number of anilines is 1. The van der Waals surface area contributed by atoms with E-state index in [1.54, 1.807) is 6.20 Å². The van der Waals surface area contributed by atoms with Crippen LogP contribution in [-0.4, -0.2) is 71.7 Å². The third-order valence-electron chi connectivity index (χ3n) is 6.21. The van der Waals surface area contributed by atoms with Crippen LogP contribution in [0.15, 0.2) is 18.3 Å². The molecule has 1 amide bonds. The largest absolute Gasteiger partial charge is 0.355 e. The van der Waals surface area contributed by atoms with Gasteiger partial charge < -0.3 is 14.7 Å². The van der Waals surface area contributed by atoms with Gasteiger partial charge in [0.2, 0.25) is 5.91 Å². The van der Waals surface area contributed by atoms with E-state index in [9.17, 15) is 4.79 Å². The van der Waals surface area contributed by atoms with E-state index >= 15 is 0 Å². The molecule has 1 unspecified atom stereocenters. The Hall–Kier alpha value is -1.69. The predicted octanol–water partition coefficient (Wildman–Crippen LogP) is 1.39. The van der Waals surface area contributed by atoms with Crippen molar-refractivity contribution < 1.29 is 4.79 Å². The molecule has 130 valence electrons. The van der Waals surface area contributed by atoms with E-state index in [2.05, 4.69) is 31.9 Å². The monoisotopic (exact) mass is 329 g/mol. The van der Waals surface area contributed by atoms with Gasteiger partial charge in [-0.1, -0.05) is 0 Å². The van der Waals surface area contributed by atoms with Crippen molar-refractivity contribution in [2.45, 2.75) is 38.1 Å². The maximum atomic E-state index is 12.5. The summed E-state index contributed by atoms with van der Waals surface area (Å²) in [6, 6.07) is 4.41. The molecule has 0 saturated carbocycles.